The molecule has 2 nitrogen and oxygen atoms in total. The number of hydrogen-bond donors (Lipinski definition) is 1. The molecule has 1 atom stereocenters. The molecule has 0 aliphatic rings. The summed E-state index contributed by atoms with van der Waals surface area (Å²) in [4.78, 5) is 4.01. The maximum absolute atomic E-state index is 13.3. The smallest absolute Gasteiger partial charge is 0.147 e. The molecule has 1 aromatic rings. The van der Waals surface area contributed by atoms with E-state index in [0.717, 1.165) is 6.54 Å². The number of hydrogen-bond acceptors (Lipinski definition) is 2. The Morgan fingerprint density at radius 3 is 2.92 bits per heavy atom. The molecule has 13 heavy (non-hydrogen) atoms. The largest absolute Gasteiger partial charge is 0.309 e. The molecule has 1 aromatic heterocycles. The monoisotopic (exact) mass is 246 g/mol. The lowest BCUT2D eigenvalue weighted by molar-refractivity contribution is 0.523. The van der Waals surface area contributed by atoms with Crippen LogP contribution in [0.5, 0.6) is 0 Å². The normalized spacial score (nSPS) is 12.9. The van der Waals surface area contributed by atoms with E-state index in [1.54, 1.807) is 6.20 Å². The average molecular weight is 247 g/mol. The van der Waals surface area contributed by atoms with E-state index < -0.39 is 0 Å². The summed E-state index contributed by atoms with van der Waals surface area (Å²) in [6.07, 6.45) is 1.60. The Balaban J connectivity index is 2.88. The van der Waals surface area contributed by atoms with Crippen molar-refractivity contribution in [3.8, 4) is 0 Å². The maximum atomic E-state index is 13.3. The quantitative estimate of drug-likeness (QED) is 0.888. The van der Waals surface area contributed by atoms with Crippen molar-refractivity contribution in [2.45, 2.75) is 19.9 Å². The van der Waals surface area contributed by atoms with E-state index in [4.69, 9.17) is 0 Å². The molecule has 0 saturated carbocycles. The van der Waals surface area contributed by atoms with Gasteiger partial charge in [-0.25, -0.2) is 4.39 Å². The lowest BCUT2D eigenvalue weighted by atomic mass is 10.2. The Morgan fingerprint density at radius 1 is 1.69 bits per heavy atom. The van der Waals surface area contributed by atoms with Crippen LogP contribution in [0.15, 0.2) is 16.7 Å². The maximum Gasteiger partial charge on any atom is 0.147 e. The molecule has 1 N–H and O–H groups in total. The van der Waals surface area contributed by atoms with E-state index >= 15 is 0 Å². The third kappa shape index (κ3) is 2.74. The van der Waals surface area contributed by atoms with Crippen LogP contribution in [0.4, 0.5) is 4.39 Å². The van der Waals surface area contributed by atoms with Crippen molar-refractivity contribution in [3.05, 3.63) is 28.2 Å². The number of aromatic nitrogens is 1. The van der Waals surface area contributed by atoms with Gasteiger partial charge < -0.3 is 5.32 Å². The molecule has 0 aromatic carbocycles. The Morgan fingerprint density at radius 2 is 2.38 bits per heavy atom. The molecular formula is C9H12BrFN2. The predicted octanol–water partition coefficient (Wildman–Crippen LogP) is 2.65. The van der Waals surface area contributed by atoms with Gasteiger partial charge in [-0.05, 0) is 35.5 Å². The first-order valence-electron chi connectivity index (χ1n) is 4.19. The predicted molar refractivity (Wildman–Crippen MR) is 54.0 cm³/mol. The van der Waals surface area contributed by atoms with Gasteiger partial charge in [-0.15, -0.1) is 0 Å². The van der Waals surface area contributed by atoms with Gasteiger partial charge in [-0.2, -0.15) is 0 Å². The molecule has 0 amide bonds. The summed E-state index contributed by atoms with van der Waals surface area (Å²) >= 11 is 3.16. The van der Waals surface area contributed by atoms with Crippen molar-refractivity contribution >= 4 is 15.9 Å². The van der Waals surface area contributed by atoms with Crippen LogP contribution in [0.25, 0.3) is 0 Å². The number of halogens is 2. The van der Waals surface area contributed by atoms with Crippen LogP contribution >= 0.6 is 15.9 Å². The molecule has 0 aliphatic carbocycles. The average Bonchev–Trinajstić information content (AvgIpc) is 2.04. The van der Waals surface area contributed by atoms with Crippen LogP contribution in [0.1, 0.15) is 25.6 Å². The summed E-state index contributed by atoms with van der Waals surface area (Å²) in [5, 5.41) is 3.10. The SMILES string of the molecule is CCNC(C)c1ncc(Br)cc1F. The zero-order valence-corrected chi connectivity index (χ0v) is 9.23. The summed E-state index contributed by atoms with van der Waals surface area (Å²) in [5.41, 5.74) is 0.463. The number of pyridine rings is 1. The van der Waals surface area contributed by atoms with Crippen molar-refractivity contribution in [2.24, 2.45) is 0 Å². The van der Waals surface area contributed by atoms with E-state index in [9.17, 15) is 4.39 Å². The highest BCUT2D eigenvalue weighted by molar-refractivity contribution is 9.10. The third-order valence-electron chi connectivity index (χ3n) is 1.76. The highest BCUT2D eigenvalue weighted by atomic mass is 79.9. The number of nitrogens with zero attached hydrogens (tertiary/aromatic N) is 1. The molecule has 1 rings (SSSR count). The molecular weight excluding hydrogens is 235 g/mol. The highest BCUT2D eigenvalue weighted by Crippen LogP contribution is 2.17. The summed E-state index contributed by atoms with van der Waals surface area (Å²) < 4.78 is 14.0. The molecule has 0 spiro atoms. The van der Waals surface area contributed by atoms with Crippen molar-refractivity contribution in [2.75, 3.05) is 6.54 Å². The second kappa shape index (κ2) is 4.67. The van der Waals surface area contributed by atoms with Crippen LogP contribution in [0.3, 0.4) is 0 Å². The van der Waals surface area contributed by atoms with Gasteiger partial charge in [0, 0.05) is 16.7 Å². The van der Waals surface area contributed by atoms with Crippen molar-refractivity contribution in [1.29, 1.82) is 0 Å². The van der Waals surface area contributed by atoms with E-state index in [2.05, 4.69) is 26.2 Å². The molecule has 0 aliphatic heterocycles. The van der Waals surface area contributed by atoms with Crippen molar-refractivity contribution in [1.82, 2.24) is 10.3 Å². The fraction of sp³-hybridized carbons (Fsp3) is 0.444. The van der Waals surface area contributed by atoms with E-state index in [1.807, 2.05) is 13.8 Å². The van der Waals surface area contributed by atoms with E-state index in [0.29, 0.717) is 10.2 Å². The van der Waals surface area contributed by atoms with Gasteiger partial charge in [0.05, 0.1) is 5.69 Å². The Hall–Kier alpha value is -0.480. The van der Waals surface area contributed by atoms with Crippen molar-refractivity contribution in [3.63, 3.8) is 0 Å². The summed E-state index contributed by atoms with van der Waals surface area (Å²) in [7, 11) is 0. The lowest BCUT2D eigenvalue weighted by Gasteiger charge is -2.12. The van der Waals surface area contributed by atoms with E-state index in [-0.39, 0.29) is 11.9 Å². The van der Waals surface area contributed by atoms with Gasteiger partial charge in [-0.1, -0.05) is 6.92 Å². The van der Waals surface area contributed by atoms with Gasteiger partial charge >= 0.3 is 0 Å². The molecule has 1 heterocycles. The zero-order valence-electron chi connectivity index (χ0n) is 7.64. The van der Waals surface area contributed by atoms with Crippen LogP contribution in [-0.2, 0) is 0 Å². The molecule has 4 heteroatoms. The van der Waals surface area contributed by atoms with E-state index in [1.165, 1.54) is 6.07 Å². The first kappa shape index (κ1) is 10.6. The topological polar surface area (TPSA) is 24.9 Å². The number of rotatable bonds is 3. The third-order valence-corrected chi connectivity index (χ3v) is 2.19. The minimum Gasteiger partial charge on any atom is -0.309 e. The van der Waals surface area contributed by atoms with Gasteiger partial charge in [-0.3, -0.25) is 4.98 Å². The van der Waals surface area contributed by atoms with Gasteiger partial charge in [0.2, 0.25) is 0 Å². The minimum absolute atomic E-state index is 0.0434. The summed E-state index contributed by atoms with van der Waals surface area (Å²) in [6, 6.07) is 1.38. The van der Waals surface area contributed by atoms with Gasteiger partial charge in [0.25, 0.3) is 0 Å². The van der Waals surface area contributed by atoms with Crippen molar-refractivity contribution < 1.29 is 4.39 Å². The highest BCUT2D eigenvalue weighted by Gasteiger charge is 2.11. The molecule has 1 unspecified atom stereocenters. The molecule has 0 fully saturated rings. The standard InChI is InChI=1S/C9H12BrFN2/c1-3-12-6(2)9-8(11)4-7(10)5-13-9/h4-6,12H,3H2,1-2H3. The second-order valence-corrected chi connectivity index (χ2v) is 3.72. The minimum atomic E-state index is -0.275. The lowest BCUT2D eigenvalue weighted by Crippen LogP contribution is -2.19. The second-order valence-electron chi connectivity index (χ2n) is 2.80. The molecule has 0 radical (unpaired) electrons. The molecule has 0 saturated heterocycles. The fourth-order valence-electron chi connectivity index (χ4n) is 1.15. The molecule has 72 valence electrons. The summed E-state index contributed by atoms with van der Waals surface area (Å²) in [5.74, 6) is -0.275. The fourth-order valence-corrected chi connectivity index (χ4v) is 1.45. The van der Waals surface area contributed by atoms with Gasteiger partial charge in [0.1, 0.15) is 5.82 Å². The number of nitrogens with one attached hydrogen (secondary N) is 1. The van der Waals surface area contributed by atoms with Gasteiger partial charge in [0.15, 0.2) is 0 Å². The zero-order chi connectivity index (χ0) is 9.84. The first-order chi connectivity index (χ1) is 6.15. The first-order valence-corrected chi connectivity index (χ1v) is 4.98. The van der Waals surface area contributed by atoms with Crippen LogP contribution in [0.2, 0.25) is 0 Å². The Kier molecular flexibility index (Phi) is 3.81. The van der Waals surface area contributed by atoms with Crippen LogP contribution in [0, 0.1) is 5.82 Å². The van der Waals surface area contributed by atoms with Crippen LogP contribution < -0.4 is 5.32 Å². The molecule has 0 bridgehead atoms. The van der Waals surface area contributed by atoms with Crippen LogP contribution in [-0.4, -0.2) is 11.5 Å². The Labute approximate surface area is 85.7 Å². The Bertz CT molecular complexity index is 291. The summed E-state index contributed by atoms with van der Waals surface area (Å²) in [6.45, 7) is 4.68.